The van der Waals surface area contributed by atoms with Crippen LogP contribution in [0.1, 0.15) is 40.0 Å². The van der Waals surface area contributed by atoms with Crippen molar-refractivity contribution in [2.24, 2.45) is 17.6 Å². The average Bonchev–Trinajstić information content (AvgIpc) is 2.37. The van der Waals surface area contributed by atoms with Gasteiger partial charge < -0.3 is 15.4 Å². The molecule has 4 heteroatoms. The van der Waals surface area contributed by atoms with Crippen molar-refractivity contribution in [3.05, 3.63) is 0 Å². The Morgan fingerprint density at radius 2 is 2.22 bits per heavy atom. The van der Waals surface area contributed by atoms with Crippen molar-refractivity contribution >= 4 is 5.91 Å². The van der Waals surface area contributed by atoms with Gasteiger partial charge in [0.15, 0.2) is 0 Å². The summed E-state index contributed by atoms with van der Waals surface area (Å²) in [5, 5.41) is 0. The van der Waals surface area contributed by atoms with Crippen LogP contribution in [0.15, 0.2) is 0 Å². The number of amides is 1. The minimum Gasteiger partial charge on any atom is -0.375 e. The van der Waals surface area contributed by atoms with E-state index in [0.717, 1.165) is 25.9 Å². The molecule has 1 amide bonds. The van der Waals surface area contributed by atoms with Gasteiger partial charge in [0.2, 0.25) is 5.91 Å². The quantitative estimate of drug-likeness (QED) is 0.786. The number of carbonyl (C=O) groups excluding carboxylic acids is 1. The van der Waals surface area contributed by atoms with Gasteiger partial charge in [0, 0.05) is 19.5 Å². The van der Waals surface area contributed by atoms with Crippen molar-refractivity contribution in [3.8, 4) is 0 Å². The summed E-state index contributed by atoms with van der Waals surface area (Å²) < 4.78 is 5.58. The number of hydrogen-bond acceptors (Lipinski definition) is 3. The van der Waals surface area contributed by atoms with Gasteiger partial charge in [-0.2, -0.15) is 0 Å². The third-order valence-corrected chi connectivity index (χ3v) is 3.55. The Hall–Kier alpha value is -0.610. The summed E-state index contributed by atoms with van der Waals surface area (Å²) in [6, 6.07) is 0. The lowest BCUT2D eigenvalue weighted by molar-refractivity contribution is -0.139. The second-order valence-electron chi connectivity index (χ2n) is 5.68. The molecule has 0 saturated carbocycles. The van der Waals surface area contributed by atoms with E-state index in [1.54, 1.807) is 0 Å². The second kappa shape index (κ2) is 7.74. The van der Waals surface area contributed by atoms with Crippen molar-refractivity contribution in [2.45, 2.75) is 46.1 Å². The van der Waals surface area contributed by atoms with E-state index in [4.69, 9.17) is 10.5 Å². The van der Waals surface area contributed by atoms with Crippen LogP contribution in [0, 0.1) is 11.8 Å². The predicted octanol–water partition coefficient (Wildman–Crippen LogP) is 1.63. The zero-order valence-electron chi connectivity index (χ0n) is 12.0. The normalized spacial score (nSPS) is 22.3. The Bertz CT molecular complexity index is 256. The summed E-state index contributed by atoms with van der Waals surface area (Å²) in [6.07, 6.45) is 2.80. The summed E-state index contributed by atoms with van der Waals surface area (Å²) in [5.74, 6) is 1.16. The molecular weight excluding hydrogens is 228 g/mol. The molecule has 0 aromatic heterocycles. The van der Waals surface area contributed by atoms with Gasteiger partial charge in [-0.05, 0) is 31.2 Å². The molecule has 0 spiro atoms. The minimum absolute atomic E-state index is 0.212. The highest BCUT2D eigenvalue weighted by Gasteiger charge is 2.24. The van der Waals surface area contributed by atoms with E-state index in [1.165, 1.54) is 0 Å². The molecule has 1 fully saturated rings. The molecule has 1 aliphatic heterocycles. The summed E-state index contributed by atoms with van der Waals surface area (Å²) in [6.45, 7) is 9.19. The van der Waals surface area contributed by atoms with Crippen LogP contribution < -0.4 is 5.73 Å². The van der Waals surface area contributed by atoms with Gasteiger partial charge in [-0.25, -0.2) is 0 Å². The SMILES string of the molecule is CCC1CN(C(=O)CC(CN)CC(C)C)CCO1. The van der Waals surface area contributed by atoms with Crippen molar-refractivity contribution in [2.75, 3.05) is 26.2 Å². The molecule has 4 nitrogen and oxygen atoms in total. The highest BCUT2D eigenvalue weighted by Crippen LogP contribution is 2.17. The molecule has 0 bridgehead atoms. The molecule has 2 N–H and O–H groups in total. The fourth-order valence-corrected chi connectivity index (χ4v) is 2.50. The highest BCUT2D eigenvalue weighted by molar-refractivity contribution is 5.76. The Labute approximate surface area is 111 Å². The fourth-order valence-electron chi connectivity index (χ4n) is 2.50. The zero-order chi connectivity index (χ0) is 13.5. The molecule has 2 atom stereocenters. The lowest BCUT2D eigenvalue weighted by Gasteiger charge is -2.33. The first-order valence-corrected chi connectivity index (χ1v) is 7.16. The lowest BCUT2D eigenvalue weighted by atomic mass is 9.93. The van der Waals surface area contributed by atoms with Crippen molar-refractivity contribution in [1.29, 1.82) is 0 Å². The lowest BCUT2D eigenvalue weighted by Crippen LogP contribution is -2.46. The Balaban J connectivity index is 2.42. The third kappa shape index (κ3) is 4.94. The number of hydrogen-bond donors (Lipinski definition) is 1. The first-order valence-electron chi connectivity index (χ1n) is 7.16. The smallest absolute Gasteiger partial charge is 0.223 e. The fraction of sp³-hybridized carbons (Fsp3) is 0.929. The van der Waals surface area contributed by atoms with Crippen molar-refractivity contribution in [3.63, 3.8) is 0 Å². The average molecular weight is 256 g/mol. The van der Waals surface area contributed by atoms with Crippen LogP contribution in [0.2, 0.25) is 0 Å². The molecule has 0 aromatic rings. The number of rotatable bonds is 6. The number of ether oxygens (including phenoxy) is 1. The van der Waals surface area contributed by atoms with E-state index >= 15 is 0 Å². The van der Waals surface area contributed by atoms with Gasteiger partial charge in [-0.3, -0.25) is 4.79 Å². The minimum atomic E-state index is 0.212. The Morgan fingerprint density at radius 1 is 1.50 bits per heavy atom. The van der Waals surface area contributed by atoms with Gasteiger partial charge in [-0.15, -0.1) is 0 Å². The number of carbonyl (C=O) groups is 1. The molecule has 18 heavy (non-hydrogen) atoms. The summed E-state index contributed by atoms with van der Waals surface area (Å²) in [7, 11) is 0. The van der Waals surface area contributed by atoms with Gasteiger partial charge in [-0.1, -0.05) is 20.8 Å². The zero-order valence-corrected chi connectivity index (χ0v) is 12.0. The molecule has 1 saturated heterocycles. The van der Waals surface area contributed by atoms with E-state index in [-0.39, 0.29) is 12.0 Å². The molecule has 0 aromatic carbocycles. The van der Waals surface area contributed by atoms with E-state index in [1.807, 2.05) is 4.90 Å². The van der Waals surface area contributed by atoms with Crippen LogP contribution in [0.4, 0.5) is 0 Å². The predicted molar refractivity (Wildman–Crippen MR) is 73.2 cm³/mol. The van der Waals surface area contributed by atoms with E-state index in [9.17, 15) is 4.79 Å². The topological polar surface area (TPSA) is 55.6 Å². The van der Waals surface area contributed by atoms with E-state index < -0.39 is 0 Å². The molecule has 0 aliphatic carbocycles. The van der Waals surface area contributed by atoms with Crippen LogP contribution >= 0.6 is 0 Å². The van der Waals surface area contributed by atoms with E-state index in [2.05, 4.69) is 20.8 Å². The molecule has 0 radical (unpaired) electrons. The largest absolute Gasteiger partial charge is 0.375 e. The van der Waals surface area contributed by atoms with Crippen molar-refractivity contribution < 1.29 is 9.53 Å². The van der Waals surface area contributed by atoms with Crippen LogP contribution in [0.3, 0.4) is 0 Å². The molecular formula is C14H28N2O2. The van der Waals surface area contributed by atoms with Crippen LogP contribution in [-0.2, 0) is 9.53 Å². The molecule has 106 valence electrons. The van der Waals surface area contributed by atoms with Gasteiger partial charge in [0.1, 0.15) is 0 Å². The molecule has 1 heterocycles. The standard InChI is InChI=1S/C14H28N2O2/c1-4-13-10-16(5-6-18-13)14(17)8-12(9-15)7-11(2)3/h11-13H,4-10,15H2,1-3H3. The Kier molecular flexibility index (Phi) is 6.65. The van der Waals surface area contributed by atoms with Gasteiger partial charge in [0.25, 0.3) is 0 Å². The first kappa shape index (κ1) is 15.4. The van der Waals surface area contributed by atoms with Crippen LogP contribution in [0.25, 0.3) is 0 Å². The first-order chi connectivity index (χ1) is 8.56. The second-order valence-corrected chi connectivity index (χ2v) is 5.68. The summed E-state index contributed by atoms with van der Waals surface area (Å²) >= 11 is 0. The van der Waals surface area contributed by atoms with Gasteiger partial charge in [0.05, 0.1) is 12.7 Å². The number of nitrogens with zero attached hydrogens (tertiary/aromatic N) is 1. The van der Waals surface area contributed by atoms with Crippen LogP contribution in [-0.4, -0.2) is 43.2 Å². The number of nitrogens with two attached hydrogens (primary N) is 1. The number of morpholine rings is 1. The van der Waals surface area contributed by atoms with Crippen molar-refractivity contribution in [1.82, 2.24) is 4.90 Å². The molecule has 2 unspecified atom stereocenters. The van der Waals surface area contributed by atoms with Crippen LogP contribution in [0.5, 0.6) is 0 Å². The summed E-state index contributed by atoms with van der Waals surface area (Å²) in [4.78, 5) is 14.2. The monoisotopic (exact) mass is 256 g/mol. The van der Waals surface area contributed by atoms with Gasteiger partial charge >= 0.3 is 0 Å². The highest BCUT2D eigenvalue weighted by atomic mass is 16.5. The molecule has 1 aliphatic rings. The third-order valence-electron chi connectivity index (χ3n) is 3.55. The van der Waals surface area contributed by atoms with E-state index in [0.29, 0.717) is 31.4 Å². The summed E-state index contributed by atoms with van der Waals surface area (Å²) in [5.41, 5.74) is 5.76. The maximum atomic E-state index is 12.2. The Morgan fingerprint density at radius 3 is 2.78 bits per heavy atom. The maximum Gasteiger partial charge on any atom is 0.223 e. The maximum absolute atomic E-state index is 12.2. The molecule has 1 rings (SSSR count).